The Balaban J connectivity index is 1.91. The Morgan fingerprint density at radius 3 is 2.54 bits per heavy atom. The lowest BCUT2D eigenvalue weighted by Gasteiger charge is -2.22. The van der Waals surface area contributed by atoms with Crippen molar-refractivity contribution in [2.75, 3.05) is 7.11 Å². The van der Waals surface area contributed by atoms with Gasteiger partial charge in [0, 0.05) is 6.04 Å². The Bertz CT molecular complexity index is 988. The van der Waals surface area contributed by atoms with E-state index in [1.807, 2.05) is 13.0 Å². The molecule has 0 bridgehead atoms. The molecule has 28 heavy (non-hydrogen) atoms. The van der Waals surface area contributed by atoms with Crippen LogP contribution in [0.3, 0.4) is 0 Å². The molecular formula is C21H24ClNO4S. The summed E-state index contributed by atoms with van der Waals surface area (Å²) < 4.78 is 33.4. The van der Waals surface area contributed by atoms with Crippen LogP contribution in [0.5, 0.6) is 0 Å². The zero-order chi connectivity index (χ0) is 20.3. The second kappa shape index (κ2) is 8.64. The van der Waals surface area contributed by atoms with Gasteiger partial charge in [0.15, 0.2) is 0 Å². The number of esters is 1. The summed E-state index contributed by atoms with van der Waals surface area (Å²) in [6, 6.07) is 9.90. The maximum absolute atomic E-state index is 13.0. The average Bonchev–Trinajstić information content (AvgIpc) is 2.71. The zero-order valence-electron chi connectivity index (χ0n) is 16.0. The summed E-state index contributed by atoms with van der Waals surface area (Å²) >= 11 is 6.12. The normalized spacial score (nSPS) is 15.0. The van der Waals surface area contributed by atoms with Crippen LogP contribution in [0.15, 0.2) is 41.3 Å². The molecule has 0 unspecified atom stereocenters. The van der Waals surface area contributed by atoms with Crippen molar-refractivity contribution in [3.63, 3.8) is 0 Å². The third-order valence-corrected chi connectivity index (χ3v) is 7.08. The first kappa shape index (κ1) is 20.8. The van der Waals surface area contributed by atoms with Crippen molar-refractivity contribution in [3.05, 3.63) is 63.7 Å². The second-order valence-electron chi connectivity index (χ2n) is 6.95. The summed E-state index contributed by atoms with van der Waals surface area (Å²) in [5.41, 5.74) is 3.72. The van der Waals surface area contributed by atoms with Gasteiger partial charge in [-0.3, -0.25) is 0 Å². The van der Waals surface area contributed by atoms with E-state index in [-0.39, 0.29) is 21.5 Å². The predicted molar refractivity (Wildman–Crippen MR) is 109 cm³/mol. The first-order valence-corrected chi connectivity index (χ1v) is 11.2. The van der Waals surface area contributed by atoms with E-state index in [1.54, 1.807) is 0 Å². The summed E-state index contributed by atoms with van der Waals surface area (Å²) in [7, 11) is -2.68. The molecule has 0 aromatic heterocycles. The maximum atomic E-state index is 13.0. The fraction of sp³-hybridized carbons (Fsp3) is 0.381. The van der Waals surface area contributed by atoms with Gasteiger partial charge in [-0.1, -0.05) is 36.7 Å². The third kappa shape index (κ3) is 4.40. The highest BCUT2D eigenvalue weighted by Crippen LogP contribution is 2.29. The highest BCUT2D eigenvalue weighted by atomic mass is 35.5. The molecule has 7 heteroatoms. The number of hydrogen-bond acceptors (Lipinski definition) is 4. The minimum atomic E-state index is -3.93. The van der Waals surface area contributed by atoms with Gasteiger partial charge in [0.2, 0.25) is 10.0 Å². The van der Waals surface area contributed by atoms with Crippen LogP contribution in [0.25, 0.3) is 0 Å². The number of hydrogen-bond donors (Lipinski definition) is 1. The highest BCUT2D eigenvalue weighted by molar-refractivity contribution is 7.89. The van der Waals surface area contributed by atoms with Gasteiger partial charge in [-0.2, -0.15) is 0 Å². The minimum absolute atomic E-state index is 0.0560. The number of fused-ring (bicyclic) bond motifs is 1. The standard InChI is InChI=1S/C21H24ClNO4S/c1-3-19(16-9-8-14-6-4-5-7-15(14)12-16)23-28(25,26)20-13-17(21(24)27-2)10-11-18(20)22/h8-13,19,23H,3-7H2,1-2H3/t19-/m1/s1. The molecule has 0 amide bonds. The van der Waals surface area contributed by atoms with Crippen molar-refractivity contribution in [2.45, 2.75) is 50.0 Å². The molecule has 1 N–H and O–H groups in total. The lowest BCUT2D eigenvalue weighted by atomic mass is 9.89. The number of halogens is 1. The minimum Gasteiger partial charge on any atom is -0.465 e. The second-order valence-corrected chi connectivity index (χ2v) is 9.04. The van der Waals surface area contributed by atoms with Crippen molar-refractivity contribution in [1.29, 1.82) is 0 Å². The number of carbonyl (C=O) groups is 1. The first-order valence-electron chi connectivity index (χ1n) is 9.37. The molecule has 1 aliphatic carbocycles. The van der Waals surface area contributed by atoms with Gasteiger partial charge in [-0.25, -0.2) is 17.9 Å². The Morgan fingerprint density at radius 1 is 1.14 bits per heavy atom. The van der Waals surface area contributed by atoms with Gasteiger partial charge in [-0.15, -0.1) is 0 Å². The van der Waals surface area contributed by atoms with Gasteiger partial charge in [0.05, 0.1) is 17.7 Å². The van der Waals surface area contributed by atoms with Gasteiger partial charge in [0.25, 0.3) is 0 Å². The molecule has 1 aliphatic rings. The van der Waals surface area contributed by atoms with Crippen molar-refractivity contribution in [3.8, 4) is 0 Å². The molecule has 0 saturated heterocycles. The van der Waals surface area contributed by atoms with E-state index in [0.717, 1.165) is 24.8 Å². The van der Waals surface area contributed by atoms with Crippen LogP contribution in [0.4, 0.5) is 0 Å². The van der Waals surface area contributed by atoms with E-state index in [4.69, 9.17) is 11.6 Å². The predicted octanol–water partition coefficient (Wildman–Crippen LogP) is 4.44. The largest absolute Gasteiger partial charge is 0.465 e. The van der Waals surface area contributed by atoms with E-state index >= 15 is 0 Å². The van der Waals surface area contributed by atoms with Crippen molar-refractivity contribution >= 4 is 27.6 Å². The SMILES string of the molecule is CC[C@@H](NS(=O)(=O)c1cc(C(=O)OC)ccc1Cl)c1ccc2c(c1)CCCC2. The average molecular weight is 422 g/mol. The van der Waals surface area contributed by atoms with E-state index in [2.05, 4.69) is 21.6 Å². The summed E-state index contributed by atoms with van der Waals surface area (Å²) in [6.07, 6.45) is 5.06. The summed E-state index contributed by atoms with van der Waals surface area (Å²) in [6.45, 7) is 1.93. The Labute approximate surface area is 171 Å². The van der Waals surface area contributed by atoms with Gasteiger partial charge >= 0.3 is 5.97 Å². The van der Waals surface area contributed by atoms with Crippen LogP contribution >= 0.6 is 11.6 Å². The molecule has 0 saturated carbocycles. The number of carbonyl (C=O) groups excluding carboxylic acids is 1. The van der Waals surface area contributed by atoms with E-state index in [1.165, 1.54) is 42.9 Å². The smallest absolute Gasteiger partial charge is 0.337 e. The van der Waals surface area contributed by atoms with Crippen molar-refractivity contribution in [1.82, 2.24) is 4.72 Å². The Hall–Kier alpha value is -1.89. The third-order valence-electron chi connectivity index (χ3n) is 5.12. The molecule has 1 atom stereocenters. The van der Waals surface area contributed by atoms with Crippen LogP contribution in [0.1, 0.15) is 59.3 Å². The summed E-state index contributed by atoms with van der Waals surface area (Å²) in [5.74, 6) is -0.616. The topological polar surface area (TPSA) is 72.5 Å². The Morgan fingerprint density at radius 2 is 1.86 bits per heavy atom. The van der Waals surface area contributed by atoms with Gasteiger partial charge in [0.1, 0.15) is 4.90 Å². The number of benzene rings is 2. The molecule has 0 spiro atoms. The molecule has 0 aliphatic heterocycles. The lowest BCUT2D eigenvalue weighted by molar-refractivity contribution is 0.0600. The van der Waals surface area contributed by atoms with E-state index in [9.17, 15) is 13.2 Å². The molecule has 0 fully saturated rings. The molecule has 2 aromatic carbocycles. The van der Waals surface area contributed by atoms with E-state index in [0.29, 0.717) is 6.42 Å². The number of sulfonamides is 1. The number of ether oxygens (including phenoxy) is 1. The number of rotatable bonds is 6. The molecule has 0 heterocycles. The Kier molecular flexibility index (Phi) is 6.43. The fourth-order valence-electron chi connectivity index (χ4n) is 3.56. The van der Waals surface area contributed by atoms with Crippen LogP contribution < -0.4 is 4.72 Å². The number of aryl methyl sites for hydroxylation is 2. The molecule has 5 nitrogen and oxygen atoms in total. The number of methoxy groups -OCH3 is 1. The quantitative estimate of drug-likeness (QED) is 0.700. The maximum Gasteiger partial charge on any atom is 0.337 e. The first-order chi connectivity index (χ1) is 13.4. The summed E-state index contributed by atoms with van der Waals surface area (Å²) in [4.78, 5) is 11.6. The van der Waals surface area contributed by atoms with Crippen LogP contribution in [-0.2, 0) is 27.6 Å². The molecule has 3 rings (SSSR count). The molecule has 0 radical (unpaired) electrons. The van der Waals surface area contributed by atoms with Crippen LogP contribution in [-0.4, -0.2) is 21.5 Å². The zero-order valence-corrected chi connectivity index (χ0v) is 17.6. The van der Waals surface area contributed by atoms with Crippen molar-refractivity contribution < 1.29 is 17.9 Å². The van der Waals surface area contributed by atoms with E-state index < -0.39 is 16.0 Å². The number of nitrogens with one attached hydrogen (secondary N) is 1. The molecule has 150 valence electrons. The fourth-order valence-corrected chi connectivity index (χ4v) is 5.40. The van der Waals surface area contributed by atoms with Crippen LogP contribution in [0.2, 0.25) is 5.02 Å². The summed E-state index contributed by atoms with van der Waals surface area (Å²) in [5, 5.41) is 0.0560. The van der Waals surface area contributed by atoms with Gasteiger partial charge in [-0.05, 0) is 67.0 Å². The lowest BCUT2D eigenvalue weighted by Crippen LogP contribution is -2.29. The van der Waals surface area contributed by atoms with Gasteiger partial charge < -0.3 is 4.74 Å². The van der Waals surface area contributed by atoms with Crippen LogP contribution in [0, 0.1) is 0 Å². The highest BCUT2D eigenvalue weighted by Gasteiger charge is 2.25. The monoisotopic (exact) mass is 421 g/mol. The van der Waals surface area contributed by atoms with Crippen molar-refractivity contribution in [2.24, 2.45) is 0 Å². The molecular weight excluding hydrogens is 398 g/mol. The molecule has 2 aromatic rings.